The van der Waals surface area contributed by atoms with Gasteiger partial charge in [0.15, 0.2) is 11.5 Å². The predicted molar refractivity (Wildman–Crippen MR) is 126 cm³/mol. The number of thioether (sulfide) groups is 1. The Morgan fingerprint density at radius 3 is 2.38 bits per heavy atom. The van der Waals surface area contributed by atoms with E-state index in [-0.39, 0.29) is 30.3 Å². The normalized spacial score (nSPS) is 14.6. The summed E-state index contributed by atoms with van der Waals surface area (Å²) in [5.41, 5.74) is 2.30. The van der Waals surface area contributed by atoms with E-state index in [1.807, 2.05) is 6.92 Å². The molecule has 0 bridgehead atoms. The van der Waals surface area contributed by atoms with Crippen molar-refractivity contribution in [1.82, 2.24) is 15.4 Å². The number of imide groups is 1. The number of carbonyl (C=O) groups excluding carboxylic acids is 3. The lowest BCUT2D eigenvalue weighted by Crippen LogP contribution is -2.37. The van der Waals surface area contributed by atoms with Crippen molar-refractivity contribution in [3.63, 3.8) is 0 Å². The van der Waals surface area contributed by atoms with Crippen molar-refractivity contribution < 1.29 is 33.1 Å². The number of amides is 3. The molecule has 34 heavy (non-hydrogen) atoms. The summed E-state index contributed by atoms with van der Waals surface area (Å²) in [6, 6.07) is 3.38. The highest BCUT2D eigenvalue weighted by molar-refractivity contribution is 8.18. The van der Waals surface area contributed by atoms with Crippen molar-refractivity contribution >= 4 is 34.9 Å². The molecule has 10 nitrogen and oxygen atoms in total. The fourth-order valence-electron chi connectivity index (χ4n) is 3.52. The van der Waals surface area contributed by atoms with Gasteiger partial charge in [-0.1, -0.05) is 5.16 Å². The van der Waals surface area contributed by atoms with E-state index in [0.29, 0.717) is 35.0 Å². The minimum Gasteiger partial charge on any atom is -0.493 e. The monoisotopic (exact) mass is 489 g/mol. The van der Waals surface area contributed by atoms with E-state index < -0.39 is 11.1 Å². The maximum atomic E-state index is 12.8. The molecular weight excluding hydrogens is 462 g/mol. The maximum Gasteiger partial charge on any atom is 0.293 e. The molecule has 182 valence electrons. The molecule has 11 heteroatoms. The Balaban J connectivity index is 1.59. The number of aromatic nitrogens is 1. The van der Waals surface area contributed by atoms with Crippen LogP contribution in [0.3, 0.4) is 0 Å². The van der Waals surface area contributed by atoms with Crippen LogP contribution in [-0.2, 0) is 16.0 Å². The number of rotatable bonds is 10. The number of benzene rings is 1. The summed E-state index contributed by atoms with van der Waals surface area (Å²) in [4.78, 5) is 38.7. The van der Waals surface area contributed by atoms with Crippen molar-refractivity contribution in [2.45, 2.75) is 26.7 Å². The zero-order valence-corrected chi connectivity index (χ0v) is 20.5. The van der Waals surface area contributed by atoms with Crippen LogP contribution in [0.5, 0.6) is 17.2 Å². The first kappa shape index (κ1) is 25.2. The van der Waals surface area contributed by atoms with Gasteiger partial charge in [-0.15, -0.1) is 0 Å². The van der Waals surface area contributed by atoms with E-state index in [4.69, 9.17) is 18.7 Å². The Bertz CT molecular complexity index is 1080. The van der Waals surface area contributed by atoms with Crippen molar-refractivity contribution in [2.24, 2.45) is 0 Å². The highest BCUT2D eigenvalue weighted by Gasteiger charge is 2.34. The van der Waals surface area contributed by atoms with Crippen LogP contribution >= 0.6 is 11.8 Å². The van der Waals surface area contributed by atoms with Gasteiger partial charge in [0.25, 0.3) is 11.1 Å². The van der Waals surface area contributed by atoms with Gasteiger partial charge in [0.1, 0.15) is 5.76 Å². The molecule has 1 fully saturated rings. The Morgan fingerprint density at radius 2 is 1.82 bits per heavy atom. The molecule has 1 aromatic heterocycles. The minimum atomic E-state index is -0.422. The fraction of sp³-hybridized carbons (Fsp3) is 0.391. The Kier molecular flexibility index (Phi) is 8.21. The largest absolute Gasteiger partial charge is 0.493 e. The molecule has 1 aromatic carbocycles. The summed E-state index contributed by atoms with van der Waals surface area (Å²) in [6.45, 7) is 3.87. The van der Waals surface area contributed by atoms with Crippen LogP contribution in [0.25, 0.3) is 6.08 Å². The van der Waals surface area contributed by atoms with Crippen LogP contribution in [0.2, 0.25) is 0 Å². The number of hydrogen-bond donors (Lipinski definition) is 1. The van der Waals surface area contributed by atoms with Gasteiger partial charge in [-0.3, -0.25) is 19.3 Å². The number of ether oxygens (including phenoxy) is 3. The highest BCUT2D eigenvalue weighted by atomic mass is 32.2. The van der Waals surface area contributed by atoms with Gasteiger partial charge in [0.05, 0.1) is 31.9 Å². The van der Waals surface area contributed by atoms with E-state index in [2.05, 4.69) is 10.5 Å². The summed E-state index contributed by atoms with van der Waals surface area (Å²) in [5.74, 6) is 1.40. The van der Waals surface area contributed by atoms with Gasteiger partial charge in [0.2, 0.25) is 11.7 Å². The van der Waals surface area contributed by atoms with E-state index in [9.17, 15) is 14.4 Å². The molecule has 3 rings (SSSR count). The third-order valence-electron chi connectivity index (χ3n) is 5.30. The predicted octanol–water partition coefficient (Wildman–Crippen LogP) is 3.10. The van der Waals surface area contributed by atoms with Crippen LogP contribution in [0, 0.1) is 13.8 Å². The van der Waals surface area contributed by atoms with Gasteiger partial charge in [-0.2, -0.15) is 0 Å². The fourth-order valence-corrected chi connectivity index (χ4v) is 4.39. The third-order valence-corrected chi connectivity index (χ3v) is 6.21. The topological polar surface area (TPSA) is 120 Å². The van der Waals surface area contributed by atoms with Gasteiger partial charge >= 0.3 is 0 Å². The van der Waals surface area contributed by atoms with E-state index in [1.165, 1.54) is 21.3 Å². The Morgan fingerprint density at radius 1 is 1.15 bits per heavy atom. The SMILES string of the molecule is COc1cc(/C=C2\SC(=O)N(CCNC(=O)CCc3c(C)noc3C)C2=O)cc(OC)c1OC. The standard InChI is InChI=1S/C23H27N3O7S/c1-13-16(14(2)33-25-13)6-7-20(27)24-8-9-26-22(28)19(34-23(26)29)12-15-10-17(30-3)21(32-5)18(11-15)31-4/h10-12H,6-9H2,1-5H3,(H,24,27)/b19-12-. The molecular formula is C23H27N3O7S. The van der Waals surface area contributed by atoms with Crippen molar-refractivity contribution in [3.8, 4) is 17.2 Å². The second-order valence-electron chi connectivity index (χ2n) is 7.44. The summed E-state index contributed by atoms with van der Waals surface area (Å²) >= 11 is 0.840. The van der Waals surface area contributed by atoms with Gasteiger partial charge in [-0.25, -0.2) is 0 Å². The second kappa shape index (κ2) is 11.1. The minimum absolute atomic E-state index is 0.0777. The first-order valence-electron chi connectivity index (χ1n) is 10.5. The van der Waals surface area contributed by atoms with Crippen LogP contribution in [0.15, 0.2) is 21.6 Å². The number of hydrogen-bond acceptors (Lipinski definition) is 9. The molecule has 1 aliphatic heterocycles. The van der Waals surface area contributed by atoms with Crippen LogP contribution in [-0.4, -0.2) is 61.5 Å². The van der Waals surface area contributed by atoms with Gasteiger partial charge < -0.3 is 24.1 Å². The molecule has 2 aromatic rings. The number of nitrogens with one attached hydrogen (secondary N) is 1. The zero-order valence-electron chi connectivity index (χ0n) is 19.7. The summed E-state index contributed by atoms with van der Waals surface area (Å²) in [6.07, 6.45) is 2.36. The van der Waals surface area contributed by atoms with E-state index >= 15 is 0 Å². The first-order valence-corrected chi connectivity index (χ1v) is 11.3. The lowest BCUT2D eigenvalue weighted by atomic mass is 10.1. The zero-order chi connectivity index (χ0) is 24.8. The molecule has 1 saturated heterocycles. The van der Waals surface area contributed by atoms with Gasteiger partial charge in [-0.05, 0) is 55.8 Å². The second-order valence-corrected chi connectivity index (χ2v) is 8.44. The lowest BCUT2D eigenvalue weighted by molar-refractivity contribution is -0.124. The quantitative estimate of drug-likeness (QED) is 0.502. The number of methoxy groups -OCH3 is 3. The molecule has 1 aliphatic rings. The third kappa shape index (κ3) is 5.53. The van der Waals surface area contributed by atoms with E-state index in [0.717, 1.165) is 27.9 Å². The highest BCUT2D eigenvalue weighted by Crippen LogP contribution is 2.40. The average Bonchev–Trinajstić information content (AvgIpc) is 3.28. The Labute approximate surface area is 201 Å². The number of nitrogens with zero attached hydrogens (tertiary/aromatic N) is 2. The lowest BCUT2D eigenvalue weighted by Gasteiger charge is -2.13. The summed E-state index contributed by atoms with van der Waals surface area (Å²) in [7, 11) is 4.50. The van der Waals surface area contributed by atoms with Gasteiger partial charge in [0, 0.05) is 25.1 Å². The van der Waals surface area contributed by atoms with Crippen molar-refractivity contribution in [3.05, 3.63) is 39.6 Å². The molecule has 0 radical (unpaired) electrons. The van der Waals surface area contributed by atoms with Crippen molar-refractivity contribution in [2.75, 3.05) is 34.4 Å². The van der Waals surface area contributed by atoms with E-state index in [1.54, 1.807) is 25.1 Å². The molecule has 0 unspecified atom stereocenters. The first-order chi connectivity index (χ1) is 16.3. The van der Waals surface area contributed by atoms with Crippen LogP contribution in [0.4, 0.5) is 4.79 Å². The number of carbonyl (C=O) groups is 3. The Hall–Kier alpha value is -3.47. The van der Waals surface area contributed by atoms with Crippen LogP contribution < -0.4 is 19.5 Å². The average molecular weight is 490 g/mol. The van der Waals surface area contributed by atoms with Crippen molar-refractivity contribution in [1.29, 1.82) is 0 Å². The number of aryl methyl sites for hydroxylation is 2. The molecule has 2 heterocycles. The molecule has 0 atom stereocenters. The molecule has 1 N–H and O–H groups in total. The molecule has 0 saturated carbocycles. The molecule has 3 amide bonds. The van der Waals surface area contributed by atoms with Crippen LogP contribution in [0.1, 0.15) is 29.0 Å². The summed E-state index contributed by atoms with van der Waals surface area (Å²) < 4.78 is 21.1. The smallest absolute Gasteiger partial charge is 0.293 e. The molecule has 0 aliphatic carbocycles. The maximum absolute atomic E-state index is 12.8. The summed E-state index contributed by atoms with van der Waals surface area (Å²) in [5, 5.41) is 6.23. The molecule has 0 spiro atoms.